The Labute approximate surface area is 232 Å². The largest absolute Gasteiger partial charge is 0.203 e. The molecule has 0 spiro atoms. The van der Waals surface area contributed by atoms with Crippen LogP contribution in [0.3, 0.4) is 0 Å². The van der Waals surface area contributed by atoms with Gasteiger partial charge in [0.25, 0.3) is 0 Å². The van der Waals surface area contributed by atoms with Gasteiger partial charge in [0, 0.05) is 11.1 Å². The molecule has 0 unspecified atom stereocenters. The molecule has 2 aromatic rings. The number of fused-ring (bicyclic) bond motifs is 3. The molecule has 5 rings (SSSR count). The highest BCUT2D eigenvalue weighted by Gasteiger charge is 2.34. The van der Waals surface area contributed by atoms with E-state index in [9.17, 15) is 8.78 Å². The molecule has 2 saturated carbocycles. The summed E-state index contributed by atoms with van der Waals surface area (Å²) in [7, 11) is 0. The van der Waals surface area contributed by atoms with Gasteiger partial charge in [-0.2, -0.15) is 0 Å². The average molecular weight is 541 g/mol. The summed E-state index contributed by atoms with van der Waals surface area (Å²) in [5.41, 5.74) is 1.70. The fourth-order valence-corrected chi connectivity index (χ4v) is 7.50. The fraction of sp³-hybridized carbons (Fsp3) is 0.600. The summed E-state index contributed by atoms with van der Waals surface area (Å²) in [6.07, 6.45) is 20.6. The molecular weight excluding hydrogens is 496 g/mol. The zero-order valence-corrected chi connectivity index (χ0v) is 23.7. The van der Waals surface area contributed by atoms with Gasteiger partial charge in [-0.05, 0) is 110 Å². The van der Waals surface area contributed by atoms with Crippen molar-refractivity contribution in [3.8, 4) is 11.1 Å². The number of aryl methyl sites for hydroxylation is 1. The van der Waals surface area contributed by atoms with E-state index in [2.05, 4.69) is 19.1 Å². The van der Waals surface area contributed by atoms with Gasteiger partial charge in [-0.15, -0.1) is 0 Å². The zero-order chi connectivity index (χ0) is 27.5. The molecule has 39 heavy (non-hydrogen) atoms. The van der Waals surface area contributed by atoms with E-state index in [0.717, 1.165) is 31.6 Å². The van der Waals surface area contributed by atoms with Crippen LogP contribution in [0, 0.1) is 41.0 Å². The van der Waals surface area contributed by atoms with Crippen LogP contribution in [0.4, 0.5) is 17.6 Å². The predicted octanol–water partition coefficient (Wildman–Crippen LogP) is 11.0. The van der Waals surface area contributed by atoms with E-state index >= 15 is 8.78 Å². The Morgan fingerprint density at radius 2 is 1.26 bits per heavy atom. The van der Waals surface area contributed by atoms with Crippen molar-refractivity contribution in [3.05, 3.63) is 69.8 Å². The first-order valence-electron chi connectivity index (χ1n) is 15.6. The maximum Gasteiger partial charge on any atom is 0.167 e. The Bertz CT molecular complexity index is 1180. The van der Waals surface area contributed by atoms with Crippen molar-refractivity contribution < 1.29 is 17.6 Å². The molecule has 212 valence electrons. The molecule has 0 atom stereocenters. The summed E-state index contributed by atoms with van der Waals surface area (Å²) >= 11 is 0. The zero-order valence-electron chi connectivity index (χ0n) is 23.7. The Hall–Kier alpha value is -2.10. The minimum Gasteiger partial charge on any atom is -0.203 e. The molecule has 0 saturated heterocycles. The molecular formula is C35H44F4. The van der Waals surface area contributed by atoms with Crippen molar-refractivity contribution in [3.63, 3.8) is 0 Å². The van der Waals surface area contributed by atoms with Gasteiger partial charge in [0.15, 0.2) is 23.3 Å². The van der Waals surface area contributed by atoms with E-state index < -0.39 is 23.3 Å². The molecule has 0 bridgehead atoms. The standard InChI is InChI=1S/C35H44F4/c1-3-5-6-8-22-9-11-23(12-10-22)13-14-24-15-17-25(18-16-24)29-21-28-20-27-19-26(7-4-2)32(36)34(38)30(27)31(28)35(39)33(29)37/h13-14,19,21-25H,3-12,15-18,20H2,1-2H3/b14-13+. The summed E-state index contributed by atoms with van der Waals surface area (Å²) in [4.78, 5) is 0. The van der Waals surface area contributed by atoms with E-state index in [0.29, 0.717) is 53.4 Å². The van der Waals surface area contributed by atoms with E-state index in [1.165, 1.54) is 51.4 Å². The van der Waals surface area contributed by atoms with E-state index in [-0.39, 0.29) is 17.0 Å². The number of hydrogen-bond acceptors (Lipinski definition) is 0. The maximum atomic E-state index is 15.4. The van der Waals surface area contributed by atoms with Crippen molar-refractivity contribution in [2.45, 2.75) is 116 Å². The number of unbranched alkanes of at least 4 members (excludes halogenated alkanes) is 2. The van der Waals surface area contributed by atoms with Gasteiger partial charge in [-0.25, -0.2) is 17.6 Å². The first kappa shape index (κ1) is 28.4. The molecule has 0 aliphatic heterocycles. The molecule has 3 aliphatic rings. The van der Waals surface area contributed by atoms with Crippen LogP contribution >= 0.6 is 0 Å². The van der Waals surface area contributed by atoms with Crippen LogP contribution in [0.1, 0.15) is 125 Å². The molecule has 0 radical (unpaired) electrons. The third kappa shape index (κ3) is 6.00. The number of allylic oxidation sites excluding steroid dienone is 2. The molecule has 0 N–H and O–H groups in total. The van der Waals surface area contributed by atoms with E-state index in [1.807, 2.05) is 6.92 Å². The van der Waals surface area contributed by atoms with Gasteiger partial charge in [-0.1, -0.05) is 70.2 Å². The monoisotopic (exact) mass is 540 g/mol. The van der Waals surface area contributed by atoms with Crippen LogP contribution in [0.5, 0.6) is 0 Å². The second-order valence-electron chi connectivity index (χ2n) is 12.5. The van der Waals surface area contributed by atoms with Gasteiger partial charge in [0.05, 0.1) is 0 Å². The third-order valence-corrected chi connectivity index (χ3v) is 9.80. The summed E-state index contributed by atoms with van der Waals surface area (Å²) in [5, 5.41) is 0. The quantitative estimate of drug-likeness (QED) is 0.144. The van der Waals surface area contributed by atoms with E-state index in [1.54, 1.807) is 12.1 Å². The van der Waals surface area contributed by atoms with Crippen molar-refractivity contribution in [2.24, 2.45) is 17.8 Å². The number of rotatable bonds is 9. The van der Waals surface area contributed by atoms with Gasteiger partial charge in [0.2, 0.25) is 0 Å². The Balaban J connectivity index is 1.21. The van der Waals surface area contributed by atoms with Crippen LogP contribution in [-0.4, -0.2) is 0 Å². The molecule has 2 aromatic carbocycles. The first-order chi connectivity index (χ1) is 18.9. The first-order valence-corrected chi connectivity index (χ1v) is 15.6. The summed E-state index contributed by atoms with van der Waals surface area (Å²) in [6.45, 7) is 4.18. The second-order valence-corrected chi connectivity index (χ2v) is 12.5. The molecule has 0 amide bonds. The third-order valence-electron chi connectivity index (χ3n) is 9.80. The normalized spacial score (nSPS) is 24.8. The predicted molar refractivity (Wildman–Crippen MR) is 152 cm³/mol. The molecule has 2 fully saturated rings. The summed E-state index contributed by atoms with van der Waals surface area (Å²) < 4.78 is 60.4. The lowest BCUT2D eigenvalue weighted by Crippen LogP contribution is -2.15. The highest BCUT2D eigenvalue weighted by Crippen LogP contribution is 2.46. The Morgan fingerprint density at radius 3 is 1.87 bits per heavy atom. The number of halogens is 4. The van der Waals surface area contributed by atoms with Crippen molar-refractivity contribution in [1.82, 2.24) is 0 Å². The molecule has 0 nitrogen and oxygen atoms in total. The fourth-order valence-electron chi connectivity index (χ4n) is 7.50. The van der Waals surface area contributed by atoms with E-state index in [4.69, 9.17) is 0 Å². The van der Waals surface area contributed by atoms with Gasteiger partial charge in [-0.3, -0.25) is 0 Å². The summed E-state index contributed by atoms with van der Waals surface area (Å²) in [6, 6.07) is 3.38. The molecule has 3 aliphatic carbocycles. The molecule has 0 aromatic heterocycles. The van der Waals surface area contributed by atoms with Crippen LogP contribution in [0.25, 0.3) is 11.1 Å². The molecule has 0 heterocycles. The van der Waals surface area contributed by atoms with Crippen molar-refractivity contribution >= 4 is 0 Å². The minimum absolute atomic E-state index is 0.0334. The second kappa shape index (κ2) is 12.6. The highest BCUT2D eigenvalue weighted by atomic mass is 19.2. The van der Waals surface area contributed by atoms with Gasteiger partial charge >= 0.3 is 0 Å². The van der Waals surface area contributed by atoms with Gasteiger partial charge in [0.1, 0.15) is 0 Å². The van der Waals surface area contributed by atoms with Crippen LogP contribution < -0.4 is 0 Å². The van der Waals surface area contributed by atoms with Crippen LogP contribution in [-0.2, 0) is 12.8 Å². The lowest BCUT2D eigenvalue weighted by molar-refractivity contribution is 0.287. The smallest absolute Gasteiger partial charge is 0.167 e. The lowest BCUT2D eigenvalue weighted by Gasteiger charge is -2.29. The average Bonchev–Trinajstić information content (AvgIpc) is 3.32. The Kier molecular flexibility index (Phi) is 9.19. The topological polar surface area (TPSA) is 0 Å². The highest BCUT2D eigenvalue weighted by molar-refractivity contribution is 5.79. The van der Waals surface area contributed by atoms with Crippen molar-refractivity contribution in [2.75, 3.05) is 0 Å². The lowest BCUT2D eigenvalue weighted by atomic mass is 9.76. The number of hydrogen-bond donors (Lipinski definition) is 0. The summed E-state index contributed by atoms with van der Waals surface area (Å²) in [5.74, 6) is -1.79. The van der Waals surface area contributed by atoms with Crippen LogP contribution in [0.15, 0.2) is 24.3 Å². The van der Waals surface area contributed by atoms with Crippen molar-refractivity contribution in [1.29, 1.82) is 0 Å². The van der Waals surface area contributed by atoms with Crippen LogP contribution in [0.2, 0.25) is 0 Å². The number of benzene rings is 2. The van der Waals surface area contributed by atoms with Gasteiger partial charge < -0.3 is 0 Å². The minimum atomic E-state index is -1.04. The SMILES string of the molecule is CCCCCC1CCC(/C=C/C2CCC(c3cc4c(c(F)c3F)-c3c(cc(CCC)c(F)c3F)C4)CC2)CC1. The Morgan fingerprint density at radius 1 is 0.667 bits per heavy atom. The maximum absolute atomic E-state index is 15.4. The molecule has 4 heteroatoms.